The average molecular weight is 633 g/mol. The average Bonchev–Trinajstić information content (AvgIpc) is 3.06. The number of anilines is 1. The highest BCUT2D eigenvalue weighted by molar-refractivity contribution is 5.99. The van der Waals surface area contributed by atoms with Gasteiger partial charge in [0.1, 0.15) is 0 Å². The van der Waals surface area contributed by atoms with Crippen LogP contribution in [0.2, 0.25) is 0 Å². The molecule has 2 N–H and O–H groups in total. The van der Waals surface area contributed by atoms with E-state index in [-0.39, 0.29) is 29.2 Å². The summed E-state index contributed by atoms with van der Waals surface area (Å²) in [5.41, 5.74) is 5.99. The largest absolute Gasteiger partial charge is 0.381 e. The normalized spacial score (nSPS) is 24.4. The molecule has 0 spiro atoms. The minimum absolute atomic E-state index is 0.0534. The summed E-state index contributed by atoms with van der Waals surface area (Å²) in [4.78, 5) is 32.1. The summed E-state index contributed by atoms with van der Waals surface area (Å²) in [5, 5.41) is 6.48. The van der Waals surface area contributed by atoms with Gasteiger partial charge in [-0.05, 0) is 86.8 Å². The van der Waals surface area contributed by atoms with E-state index in [0.29, 0.717) is 18.2 Å². The standard InChI is InChI=1S/C38H56N4O4/c1-6-8-15-38(5)24-27(3)34(37(44)40-38)25-39-36(43)33-22-31(23-35(28(33)4)42(7-2)32-13-18-45-19-14-32)30-11-9-29(10-12-30)26-41-16-20-46-21-17-41/h9-12,22-23,27,32,34H,6-8,13-21,24-26H2,1-5H3,(H,39,43)(H,40,44). The summed E-state index contributed by atoms with van der Waals surface area (Å²) in [6, 6.07) is 13.4. The maximum absolute atomic E-state index is 14.0. The van der Waals surface area contributed by atoms with Crippen LogP contribution in [0.1, 0.15) is 87.7 Å². The molecule has 3 saturated heterocycles. The Labute approximate surface area is 276 Å². The van der Waals surface area contributed by atoms with Gasteiger partial charge in [-0.1, -0.05) is 51.0 Å². The molecule has 2 amide bonds. The topological polar surface area (TPSA) is 83.1 Å². The Morgan fingerprint density at radius 3 is 2.39 bits per heavy atom. The van der Waals surface area contributed by atoms with Crippen LogP contribution in [0, 0.1) is 18.8 Å². The molecule has 2 aromatic carbocycles. The molecule has 0 bridgehead atoms. The van der Waals surface area contributed by atoms with Crippen LogP contribution < -0.4 is 15.5 Å². The smallest absolute Gasteiger partial charge is 0.251 e. The quantitative estimate of drug-likeness (QED) is 0.301. The first-order valence-electron chi connectivity index (χ1n) is 17.7. The third kappa shape index (κ3) is 8.31. The van der Waals surface area contributed by atoms with Crippen molar-refractivity contribution in [2.24, 2.45) is 11.8 Å². The fraction of sp³-hybridized carbons (Fsp3) is 0.632. The summed E-state index contributed by atoms with van der Waals surface area (Å²) in [6.07, 6.45) is 6.07. The first-order chi connectivity index (χ1) is 22.2. The molecule has 0 aliphatic carbocycles. The van der Waals surface area contributed by atoms with E-state index in [1.807, 2.05) is 6.07 Å². The van der Waals surface area contributed by atoms with Gasteiger partial charge in [-0.25, -0.2) is 0 Å². The lowest BCUT2D eigenvalue weighted by Gasteiger charge is -2.42. The molecule has 3 unspecified atom stereocenters. The maximum Gasteiger partial charge on any atom is 0.251 e. The van der Waals surface area contributed by atoms with Crippen molar-refractivity contribution in [1.29, 1.82) is 0 Å². The van der Waals surface area contributed by atoms with Gasteiger partial charge >= 0.3 is 0 Å². The second-order valence-corrected chi connectivity index (χ2v) is 14.0. The SMILES string of the molecule is CCCCC1(C)CC(C)C(CNC(=O)c2cc(-c3ccc(CN4CCOCC4)cc3)cc(N(CC)C3CCOCC3)c2C)C(=O)N1. The number of morpholine rings is 1. The van der Waals surface area contributed by atoms with Crippen LogP contribution >= 0.6 is 0 Å². The van der Waals surface area contributed by atoms with Crippen molar-refractivity contribution in [2.45, 2.75) is 91.3 Å². The number of hydrogen-bond donors (Lipinski definition) is 2. The van der Waals surface area contributed by atoms with Crippen LogP contribution in [0.4, 0.5) is 5.69 Å². The molecule has 8 heteroatoms. The molecule has 8 nitrogen and oxygen atoms in total. The number of ether oxygens (including phenoxy) is 2. The number of carbonyl (C=O) groups excluding carboxylic acids is 2. The van der Waals surface area contributed by atoms with E-state index in [0.717, 1.165) is 114 Å². The van der Waals surface area contributed by atoms with Crippen LogP contribution in [-0.4, -0.2) is 80.9 Å². The molecule has 252 valence electrons. The van der Waals surface area contributed by atoms with Crippen LogP contribution in [0.5, 0.6) is 0 Å². The van der Waals surface area contributed by atoms with Gasteiger partial charge < -0.3 is 25.0 Å². The highest BCUT2D eigenvalue weighted by atomic mass is 16.5. The summed E-state index contributed by atoms with van der Waals surface area (Å²) in [6.45, 7) is 17.9. The molecule has 3 fully saturated rings. The molecule has 46 heavy (non-hydrogen) atoms. The van der Waals surface area contributed by atoms with E-state index >= 15 is 0 Å². The zero-order valence-corrected chi connectivity index (χ0v) is 28.8. The van der Waals surface area contributed by atoms with Crippen LogP contribution in [0.25, 0.3) is 11.1 Å². The van der Waals surface area contributed by atoms with Crippen molar-refractivity contribution in [1.82, 2.24) is 15.5 Å². The van der Waals surface area contributed by atoms with Gasteiger partial charge in [0.05, 0.1) is 19.1 Å². The number of rotatable bonds is 12. The molecule has 5 rings (SSSR count). The maximum atomic E-state index is 14.0. The van der Waals surface area contributed by atoms with E-state index < -0.39 is 0 Å². The van der Waals surface area contributed by atoms with Crippen LogP contribution in [0.3, 0.4) is 0 Å². The van der Waals surface area contributed by atoms with E-state index in [2.05, 4.69) is 85.4 Å². The van der Waals surface area contributed by atoms with Crippen LogP contribution in [-0.2, 0) is 20.8 Å². The third-order valence-electron chi connectivity index (χ3n) is 10.5. The van der Waals surface area contributed by atoms with Gasteiger partial charge in [-0.2, -0.15) is 0 Å². The van der Waals surface area contributed by atoms with Gasteiger partial charge in [0.2, 0.25) is 5.91 Å². The monoisotopic (exact) mass is 632 g/mol. The Hall–Kier alpha value is -2.94. The molecule has 0 saturated carbocycles. The molecule has 3 aliphatic rings. The minimum Gasteiger partial charge on any atom is -0.381 e. The van der Waals surface area contributed by atoms with E-state index in [4.69, 9.17) is 9.47 Å². The number of nitrogens with zero attached hydrogens (tertiary/aromatic N) is 2. The molecule has 0 radical (unpaired) electrons. The fourth-order valence-electron chi connectivity index (χ4n) is 7.72. The molecule has 3 heterocycles. The lowest BCUT2D eigenvalue weighted by Crippen LogP contribution is -2.57. The van der Waals surface area contributed by atoms with Crippen molar-refractivity contribution in [3.8, 4) is 11.1 Å². The van der Waals surface area contributed by atoms with Crippen LogP contribution in [0.15, 0.2) is 36.4 Å². The predicted molar refractivity (Wildman–Crippen MR) is 185 cm³/mol. The Kier molecular flexibility index (Phi) is 11.8. The summed E-state index contributed by atoms with van der Waals surface area (Å²) < 4.78 is 11.2. The number of unbranched alkanes of at least 4 members (excludes halogenated alkanes) is 1. The summed E-state index contributed by atoms with van der Waals surface area (Å²) >= 11 is 0. The first kappa shape index (κ1) is 34.4. The van der Waals surface area contributed by atoms with Gasteiger partial charge in [-0.3, -0.25) is 14.5 Å². The first-order valence-corrected chi connectivity index (χ1v) is 17.7. The third-order valence-corrected chi connectivity index (χ3v) is 10.5. The highest BCUT2D eigenvalue weighted by Crippen LogP contribution is 2.35. The number of hydrogen-bond acceptors (Lipinski definition) is 6. The molecule has 0 aromatic heterocycles. The summed E-state index contributed by atoms with van der Waals surface area (Å²) in [5.74, 6) is -0.112. The lowest BCUT2D eigenvalue weighted by molar-refractivity contribution is -0.132. The van der Waals surface area contributed by atoms with Crippen molar-refractivity contribution >= 4 is 17.5 Å². The Morgan fingerprint density at radius 1 is 1.04 bits per heavy atom. The Bertz CT molecular complexity index is 1320. The van der Waals surface area contributed by atoms with Crippen molar-refractivity contribution < 1.29 is 19.1 Å². The zero-order valence-electron chi connectivity index (χ0n) is 28.8. The second-order valence-electron chi connectivity index (χ2n) is 14.0. The minimum atomic E-state index is -0.241. The van der Waals surface area contributed by atoms with Gasteiger partial charge in [0.15, 0.2) is 0 Å². The number of piperidine rings is 1. The molecule has 3 aliphatic heterocycles. The van der Waals surface area contributed by atoms with Crippen molar-refractivity contribution in [2.75, 3.05) is 57.5 Å². The van der Waals surface area contributed by atoms with E-state index in [1.54, 1.807) is 0 Å². The number of carbonyl (C=O) groups is 2. The predicted octanol–water partition coefficient (Wildman–Crippen LogP) is 5.95. The van der Waals surface area contributed by atoms with Gasteiger partial charge in [0.25, 0.3) is 5.91 Å². The Balaban J connectivity index is 1.38. The van der Waals surface area contributed by atoms with Gasteiger partial charge in [0, 0.05) is 68.8 Å². The number of nitrogens with one attached hydrogen (secondary N) is 2. The fourth-order valence-corrected chi connectivity index (χ4v) is 7.72. The number of benzene rings is 2. The molecule has 3 atom stereocenters. The second kappa shape index (κ2) is 15.8. The summed E-state index contributed by atoms with van der Waals surface area (Å²) in [7, 11) is 0. The number of amides is 2. The van der Waals surface area contributed by atoms with E-state index in [1.165, 1.54) is 5.56 Å². The van der Waals surface area contributed by atoms with Crippen molar-refractivity contribution in [3.63, 3.8) is 0 Å². The highest BCUT2D eigenvalue weighted by Gasteiger charge is 2.40. The van der Waals surface area contributed by atoms with E-state index in [9.17, 15) is 9.59 Å². The Morgan fingerprint density at radius 2 is 1.74 bits per heavy atom. The molecular weight excluding hydrogens is 576 g/mol. The molecule has 2 aromatic rings. The van der Waals surface area contributed by atoms with Crippen molar-refractivity contribution in [3.05, 3.63) is 53.1 Å². The van der Waals surface area contributed by atoms with Gasteiger partial charge in [-0.15, -0.1) is 0 Å². The lowest BCUT2D eigenvalue weighted by atomic mass is 9.75. The molecular formula is C38H56N4O4. The zero-order chi connectivity index (χ0) is 32.7.